The molecule has 1 aromatic carbocycles. The number of carbonyl (C=O) groups excluding carboxylic acids is 1. The van der Waals surface area contributed by atoms with Gasteiger partial charge >= 0.3 is 0 Å². The van der Waals surface area contributed by atoms with E-state index >= 15 is 0 Å². The van der Waals surface area contributed by atoms with E-state index in [0.717, 1.165) is 17.1 Å². The van der Waals surface area contributed by atoms with Gasteiger partial charge in [-0.1, -0.05) is 26.0 Å². The summed E-state index contributed by atoms with van der Waals surface area (Å²) >= 11 is 0. The number of benzene rings is 1. The highest BCUT2D eigenvalue weighted by Crippen LogP contribution is 2.23. The maximum absolute atomic E-state index is 12.3. The SMILES string of the molecule is COc1ccc(C(NC(=O)Cn2ccnc2C)C(C)C)cc1. The Morgan fingerprint density at radius 3 is 2.50 bits per heavy atom. The molecule has 1 atom stereocenters. The van der Waals surface area contributed by atoms with Gasteiger partial charge in [-0.2, -0.15) is 0 Å². The molecule has 1 N–H and O–H groups in total. The molecular formula is C17H23N3O2. The van der Waals surface area contributed by atoms with Gasteiger partial charge in [0.1, 0.15) is 18.1 Å². The van der Waals surface area contributed by atoms with Crippen molar-refractivity contribution in [1.29, 1.82) is 0 Å². The number of nitrogens with zero attached hydrogens (tertiary/aromatic N) is 2. The average molecular weight is 301 g/mol. The number of aryl methyl sites for hydroxylation is 1. The molecule has 22 heavy (non-hydrogen) atoms. The van der Waals surface area contributed by atoms with Gasteiger partial charge in [-0.15, -0.1) is 0 Å². The number of nitrogens with one attached hydrogen (secondary N) is 1. The second-order valence-electron chi connectivity index (χ2n) is 5.66. The first-order valence-corrected chi connectivity index (χ1v) is 7.42. The Balaban J connectivity index is 2.07. The molecule has 1 heterocycles. The topological polar surface area (TPSA) is 56.1 Å². The van der Waals surface area contributed by atoms with Crippen LogP contribution in [0.2, 0.25) is 0 Å². The first-order chi connectivity index (χ1) is 10.5. The van der Waals surface area contributed by atoms with Crippen LogP contribution in [0.3, 0.4) is 0 Å². The standard InChI is InChI=1S/C17H23N3O2/c1-12(2)17(14-5-7-15(22-4)8-6-14)19-16(21)11-20-10-9-18-13(20)3/h5-10,12,17H,11H2,1-4H3,(H,19,21). The monoisotopic (exact) mass is 301 g/mol. The van der Waals surface area contributed by atoms with Crippen molar-refractivity contribution in [1.82, 2.24) is 14.9 Å². The van der Waals surface area contributed by atoms with E-state index in [-0.39, 0.29) is 18.5 Å². The minimum Gasteiger partial charge on any atom is -0.497 e. The third-order valence-corrected chi connectivity index (χ3v) is 3.70. The highest BCUT2D eigenvalue weighted by molar-refractivity contribution is 5.76. The molecule has 5 heteroatoms. The molecule has 0 saturated heterocycles. The molecule has 118 valence electrons. The molecule has 1 unspecified atom stereocenters. The lowest BCUT2D eigenvalue weighted by molar-refractivity contribution is -0.122. The Labute approximate surface area is 131 Å². The van der Waals surface area contributed by atoms with Gasteiger partial charge in [0.25, 0.3) is 0 Å². The highest BCUT2D eigenvalue weighted by atomic mass is 16.5. The van der Waals surface area contributed by atoms with E-state index in [0.29, 0.717) is 5.92 Å². The van der Waals surface area contributed by atoms with Crippen molar-refractivity contribution < 1.29 is 9.53 Å². The zero-order valence-electron chi connectivity index (χ0n) is 13.5. The zero-order chi connectivity index (χ0) is 16.1. The molecule has 0 bridgehead atoms. The fourth-order valence-corrected chi connectivity index (χ4v) is 2.39. The first-order valence-electron chi connectivity index (χ1n) is 7.42. The van der Waals surface area contributed by atoms with Crippen LogP contribution in [0.4, 0.5) is 0 Å². The smallest absolute Gasteiger partial charge is 0.240 e. The van der Waals surface area contributed by atoms with Crippen molar-refractivity contribution in [2.45, 2.75) is 33.4 Å². The number of hydrogen-bond donors (Lipinski definition) is 1. The number of carbonyl (C=O) groups is 1. The summed E-state index contributed by atoms with van der Waals surface area (Å²) < 4.78 is 7.01. The van der Waals surface area contributed by atoms with Gasteiger partial charge in [-0.3, -0.25) is 4.79 Å². The molecule has 0 fully saturated rings. The quantitative estimate of drug-likeness (QED) is 0.892. The predicted octanol–water partition coefficient (Wildman–Crippen LogP) is 2.71. The van der Waals surface area contributed by atoms with E-state index < -0.39 is 0 Å². The van der Waals surface area contributed by atoms with E-state index in [9.17, 15) is 4.79 Å². The van der Waals surface area contributed by atoms with Crippen molar-refractivity contribution in [3.8, 4) is 5.75 Å². The molecule has 0 aliphatic heterocycles. The number of imidazole rings is 1. The lowest BCUT2D eigenvalue weighted by atomic mass is 9.96. The largest absolute Gasteiger partial charge is 0.497 e. The lowest BCUT2D eigenvalue weighted by Crippen LogP contribution is -2.34. The average Bonchev–Trinajstić information content (AvgIpc) is 2.90. The van der Waals surface area contributed by atoms with Gasteiger partial charge in [-0.05, 0) is 30.5 Å². The third-order valence-electron chi connectivity index (χ3n) is 3.70. The number of rotatable bonds is 6. The maximum atomic E-state index is 12.3. The molecule has 0 spiro atoms. The van der Waals surface area contributed by atoms with E-state index in [1.807, 2.05) is 42.0 Å². The number of amides is 1. The maximum Gasteiger partial charge on any atom is 0.240 e. The normalized spacial score (nSPS) is 12.2. The van der Waals surface area contributed by atoms with Crippen LogP contribution in [0, 0.1) is 12.8 Å². The van der Waals surface area contributed by atoms with Crippen molar-refractivity contribution in [2.24, 2.45) is 5.92 Å². The summed E-state index contributed by atoms with van der Waals surface area (Å²) in [6, 6.07) is 7.79. The fraction of sp³-hybridized carbons (Fsp3) is 0.412. The summed E-state index contributed by atoms with van der Waals surface area (Å²) in [5.74, 6) is 1.92. The number of methoxy groups -OCH3 is 1. The van der Waals surface area contributed by atoms with E-state index in [1.54, 1.807) is 13.3 Å². The van der Waals surface area contributed by atoms with E-state index in [2.05, 4.69) is 24.1 Å². The number of hydrogen-bond acceptors (Lipinski definition) is 3. The molecular weight excluding hydrogens is 278 g/mol. The Morgan fingerprint density at radius 2 is 2.00 bits per heavy atom. The van der Waals surface area contributed by atoms with Crippen molar-refractivity contribution in [2.75, 3.05) is 7.11 Å². The Hall–Kier alpha value is -2.30. The predicted molar refractivity (Wildman–Crippen MR) is 85.7 cm³/mol. The van der Waals surface area contributed by atoms with E-state index in [4.69, 9.17) is 4.74 Å². The van der Waals surface area contributed by atoms with E-state index in [1.165, 1.54) is 0 Å². The summed E-state index contributed by atoms with van der Waals surface area (Å²) in [5.41, 5.74) is 1.08. The van der Waals surface area contributed by atoms with Gasteiger partial charge in [0.2, 0.25) is 5.91 Å². The van der Waals surface area contributed by atoms with Gasteiger partial charge in [0.05, 0.1) is 13.2 Å². The van der Waals surface area contributed by atoms with Crippen LogP contribution in [0.5, 0.6) is 5.75 Å². The molecule has 0 saturated carbocycles. The summed E-state index contributed by atoms with van der Waals surface area (Å²) in [6.07, 6.45) is 3.51. The highest BCUT2D eigenvalue weighted by Gasteiger charge is 2.18. The third kappa shape index (κ3) is 3.87. The van der Waals surface area contributed by atoms with Crippen LogP contribution in [0.1, 0.15) is 31.3 Å². The van der Waals surface area contributed by atoms with Crippen LogP contribution in [0.15, 0.2) is 36.7 Å². The van der Waals surface area contributed by atoms with Crippen LogP contribution in [-0.2, 0) is 11.3 Å². The van der Waals surface area contributed by atoms with Crippen molar-refractivity contribution in [3.63, 3.8) is 0 Å². The first kappa shape index (κ1) is 16.1. The summed E-state index contributed by atoms with van der Waals surface area (Å²) in [4.78, 5) is 16.4. The van der Waals surface area contributed by atoms with Crippen LogP contribution in [0.25, 0.3) is 0 Å². The van der Waals surface area contributed by atoms with Gasteiger partial charge < -0.3 is 14.6 Å². The van der Waals surface area contributed by atoms with Gasteiger partial charge in [0, 0.05) is 12.4 Å². The molecule has 2 rings (SSSR count). The van der Waals surface area contributed by atoms with Crippen LogP contribution >= 0.6 is 0 Å². The van der Waals surface area contributed by atoms with Gasteiger partial charge in [0.15, 0.2) is 0 Å². The van der Waals surface area contributed by atoms with Gasteiger partial charge in [-0.25, -0.2) is 4.98 Å². The molecule has 0 radical (unpaired) electrons. The molecule has 1 amide bonds. The molecule has 1 aromatic heterocycles. The molecule has 0 aliphatic rings. The minimum atomic E-state index is -0.0257. The summed E-state index contributed by atoms with van der Waals surface area (Å²) in [7, 11) is 1.64. The number of ether oxygens (including phenoxy) is 1. The second kappa shape index (κ2) is 7.11. The Bertz CT molecular complexity index is 617. The Morgan fingerprint density at radius 1 is 1.32 bits per heavy atom. The van der Waals surface area contributed by atoms with Crippen molar-refractivity contribution in [3.05, 3.63) is 48.0 Å². The molecule has 2 aromatic rings. The summed E-state index contributed by atoms with van der Waals surface area (Å²) in [5, 5.41) is 3.11. The Kier molecular flexibility index (Phi) is 5.20. The fourth-order valence-electron chi connectivity index (χ4n) is 2.39. The van der Waals surface area contributed by atoms with Crippen LogP contribution in [-0.4, -0.2) is 22.6 Å². The molecule has 5 nitrogen and oxygen atoms in total. The van der Waals surface area contributed by atoms with Crippen molar-refractivity contribution >= 4 is 5.91 Å². The second-order valence-corrected chi connectivity index (χ2v) is 5.66. The lowest BCUT2D eigenvalue weighted by Gasteiger charge is -2.23. The molecule has 0 aliphatic carbocycles. The zero-order valence-corrected chi connectivity index (χ0v) is 13.5. The number of aromatic nitrogens is 2. The minimum absolute atomic E-state index is 0.0179. The van der Waals surface area contributed by atoms with Crippen LogP contribution < -0.4 is 10.1 Å². The summed E-state index contributed by atoms with van der Waals surface area (Å²) in [6.45, 7) is 6.36.